The molecule has 4 nitrogen and oxygen atoms in total. The van der Waals surface area contributed by atoms with Crippen LogP contribution in [0.2, 0.25) is 0 Å². The van der Waals surface area contributed by atoms with Gasteiger partial charge in [0.1, 0.15) is 0 Å². The molecule has 1 heterocycles. The molecular formula is C10H10N3O. The summed E-state index contributed by atoms with van der Waals surface area (Å²) in [4.78, 5) is 4.20. The summed E-state index contributed by atoms with van der Waals surface area (Å²) in [6.07, 6.45) is 0.617. The van der Waals surface area contributed by atoms with Crippen LogP contribution >= 0.6 is 0 Å². The number of nitrogens with two attached hydrogens (primary N) is 1. The summed E-state index contributed by atoms with van der Waals surface area (Å²) >= 11 is 0. The molecule has 0 aliphatic carbocycles. The second kappa shape index (κ2) is 4.02. The van der Waals surface area contributed by atoms with Crippen LogP contribution in [0.25, 0.3) is 11.4 Å². The van der Waals surface area contributed by atoms with E-state index in [1.54, 1.807) is 0 Å². The van der Waals surface area contributed by atoms with E-state index in [4.69, 9.17) is 10.3 Å². The largest absolute Gasteiger partial charge is 0.339 e. The first-order valence-corrected chi connectivity index (χ1v) is 4.39. The van der Waals surface area contributed by atoms with Gasteiger partial charge in [0.05, 0.1) is 0 Å². The number of aromatic nitrogens is 2. The molecule has 2 rings (SSSR count). The molecule has 0 spiro atoms. The van der Waals surface area contributed by atoms with E-state index in [1.165, 1.54) is 0 Å². The summed E-state index contributed by atoms with van der Waals surface area (Å²) in [5.74, 6) is 1.18. The van der Waals surface area contributed by atoms with Gasteiger partial charge >= 0.3 is 0 Å². The van der Waals surface area contributed by atoms with Crippen LogP contribution in [0.1, 0.15) is 5.89 Å². The summed E-state index contributed by atoms with van der Waals surface area (Å²) in [6, 6.07) is 10.3. The van der Waals surface area contributed by atoms with Crippen LogP contribution in [-0.4, -0.2) is 16.7 Å². The molecule has 1 radical (unpaired) electrons. The lowest BCUT2D eigenvalue weighted by molar-refractivity contribution is 0.380. The molecule has 0 bridgehead atoms. The predicted octanol–water partition coefficient (Wildman–Crippen LogP) is 1.04. The molecule has 0 aliphatic rings. The first-order chi connectivity index (χ1) is 6.90. The molecule has 71 valence electrons. The maximum absolute atomic E-state index is 5.38. The number of rotatable bonds is 3. The van der Waals surface area contributed by atoms with Gasteiger partial charge in [-0.15, -0.1) is 0 Å². The van der Waals surface area contributed by atoms with E-state index in [9.17, 15) is 0 Å². The third-order valence-electron chi connectivity index (χ3n) is 1.80. The van der Waals surface area contributed by atoms with Gasteiger partial charge in [-0.1, -0.05) is 29.4 Å². The second-order valence-corrected chi connectivity index (χ2v) is 2.84. The van der Waals surface area contributed by atoms with Crippen LogP contribution in [0, 0.1) is 6.07 Å². The summed E-state index contributed by atoms with van der Waals surface area (Å²) in [7, 11) is 0. The first-order valence-electron chi connectivity index (χ1n) is 4.39. The molecule has 14 heavy (non-hydrogen) atoms. The number of hydrogen-bond acceptors (Lipinski definition) is 4. The Kier molecular flexibility index (Phi) is 2.55. The fourth-order valence-electron chi connectivity index (χ4n) is 1.13. The maximum atomic E-state index is 5.38. The molecule has 0 saturated carbocycles. The zero-order chi connectivity index (χ0) is 9.80. The third-order valence-corrected chi connectivity index (χ3v) is 1.80. The number of nitrogens with zero attached hydrogens (tertiary/aromatic N) is 2. The van der Waals surface area contributed by atoms with Crippen molar-refractivity contribution in [2.45, 2.75) is 6.42 Å². The van der Waals surface area contributed by atoms with E-state index in [-0.39, 0.29) is 0 Å². The first kappa shape index (κ1) is 8.90. The van der Waals surface area contributed by atoms with Gasteiger partial charge in [0.15, 0.2) is 0 Å². The van der Waals surface area contributed by atoms with Gasteiger partial charge < -0.3 is 10.3 Å². The molecule has 1 aromatic heterocycles. The monoisotopic (exact) mass is 188 g/mol. The average Bonchev–Trinajstić information content (AvgIpc) is 2.68. The van der Waals surface area contributed by atoms with E-state index in [2.05, 4.69) is 16.2 Å². The quantitative estimate of drug-likeness (QED) is 0.781. The van der Waals surface area contributed by atoms with Gasteiger partial charge in [0, 0.05) is 18.5 Å². The average molecular weight is 188 g/mol. The van der Waals surface area contributed by atoms with Crippen LogP contribution in [-0.2, 0) is 6.42 Å². The van der Waals surface area contributed by atoms with Crippen molar-refractivity contribution in [1.29, 1.82) is 0 Å². The maximum Gasteiger partial charge on any atom is 0.228 e. The van der Waals surface area contributed by atoms with Crippen LogP contribution in [0.15, 0.2) is 28.8 Å². The highest BCUT2D eigenvalue weighted by molar-refractivity contribution is 5.53. The van der Waals surface area contributed by atoms with Gasteiger partial charge in [-0.25, -0.2) is 0 Å². The van der Waals surface area contributed by atoms with E-state index in [1.807, 2.05) is 24.3 Å². The van der Waals surface area contributed by atoms with Gasteiger partial charge in [0.25, 0.3) is 0 Å². The Hall–Kier alpha value is -1.68. The summed E-state index contributed by atoms with van der Waals surface area (Å²) in [5, 5.41) is 3.85. The Balaban J connectivity index is 2.25. The lowest BCUT2D eigenvalue weighted by Crippen LogP contribution is -2.02. The standard InChI is InChI=1S/C10H10N3O/c11-7-6-9-12-10(13-14-9)8-4-2-1-3-5-8/h2-5H,6-7,11H2. The van der Waals surface area contributed by atoms with Crippen LogP contribution in [0.3, 0.4) is 0 Å². The second-order valence-electron chi connectivity index (χ2n) is 2.84. The smallest absolute Gasteiger partial charge is 0.228 e. The van der Waals surface area contributed by atoms with Crippen molar-refractivity contribution >= 4 is 0 Å². The lowest BCUT2D eigenvalue weighted by atomic mass is 10.2. The molecule has 0 unspecified atom stereocenters. The van der Waals surface area contributed by atoms with Crippen molar-refractivity contribution in [2.24, 2.45) is 5.73 Å². The molecule has 0 amide bonds. The molecule has 0 aliphatic heterocycles. The van der Waals surface area contributed by atoms with Crippen LogP contribution in [0.4, 0.5) is 0 Å². The van der Waals surface area contributed by atoms with Crippen LogP contribution < -0.4 is 5.73 Å². The zero-order valence-electron chi connectivity index (χ0n) is 7.60. The molecule has 1 aromatic carbocycles. The molecular weight excluding hydrogens is 178 g/mol. The van der Waals surface area contributed by atoms with Crippen molar-refractivity contribution in [3.05, 3.63) is 36.2 Å². The number of benzene rings is 1. The molecule has 2 aromatic rings. The Labute approximate surface area is 81.7 Å². The van der Waals surface area contributed by atoms with Gasteiger partial charge in [0.2, 0.25) is 11.7 Å². The van der Waals surface area contributed by atoms with Crippen molar-refractivity contribution in [3.63, 3.8) is 0 Å². The molecule has 0 fully saturated rings. The summed E-state index contributed by atoms with van der Waals surface area (Å²) < 4.78 is 5.01. The van der Waals surface area contributed by atoms with E-state index in [0.717, 1.165) is 5.56 Å². The fourth-order valence-corrected chi connectivity index (χ4v) is 1.13. The van der Waals surface area contributed by atoms with Crippen molar-refractivity contribution < 1.29 is 4.52 Å². The van der Waals surface area contributed by atoms with Crippen molar-refractivity contribution in [2.75, 3.05) is 6.54 Å². The lowest BCUT2D eigenvalue weighted by Gasteiger charge is -1.89. The minimum atomic E-state index is 0.518. The molecule has 4 heteroatoms. The predicted molar refractivity (Wildman–Crippen MR) is 51.3 cm³/mol. The van der Waals surface area contributed by atoms with Gasteiger partial charge in [-0.2, -0.15) is 4.98 Å². The minimum absolute atomic E-state index is 0.518. The summed E-state index contributed by atoms with van der Waals surface area (Å²) in [6.45, 7) is 0.518. The van der Waals surface area contributed by atoms with Crippen LogP contribution in [0.5, 0.6) is 0 Å². The van der Waals surface area contributed by atoms with Crippen molar-refractivity contribution in [3.8, 4) is 11.4 Å². The third kappa shape index (κ3) is 1.80. The number of hydrogen-bond donors (Lipinski definition) is 1. The molecule has 0 atom stereocenters. The minimum Gasteiger partial charge on any atom is -0.339 e. The zero-order valence-corrected chi connectivity index (χ0v) is 7.60. The molecule has 2 N–H and O–H groups in total. The summed E-state index contributed by atoms with van der Waals surface area (Å²) in [5.41, 5.74) is 6.30. The molecule has 0 saturated heterocycles. The Morgan fingerprint density at radius 3 is 2.86 bits per heavy atom. The Bertz CT molecular complexity index is 397. The van der Waals surface area contributed by atoms with E-state index < -0.39 is 0 Å². The van der Waals surface area contributed by atoms with Gasteiger partial charge in [-0.3, -0.25) is 0 Å². The highest BCUT2D eigenvalue weighted by Gasteiger charge is 2.06. The van der Waals surface area contributed by atoms with Crippen molar-refractivity contribution in [1.82, 2.24) is 10.1 Å². The normalized spacial score (nSPS) is 10.4. The Morgan fingerprint density at radius 1 is 1.36 bits per heavy atom. The Morgan fingerprint density at radius 2 is 2.14 bits per heavy atom. The topological polar surface area (TPSA) is 64.9 Å². The fraction of sp³-hybridized carbons (Fsp3) is 0.200. The van der Waals surface area contributed by atoms with E-state index >= 15 is 0 Å². The highest BCUT2D eigenvalue weighted by Crippen LogP contribution is 2.14. The van der Waals surface area contributed by atoms with E-state index in [0.29, 0.717) is 24.7 Å². The SMILES string of the molecule is NCCc1nc(-c2cc[c]cc2)no1. The highest BCUT2D eigenvalue weighted by atomic mass is 16.5. The van der Waals surface area contributed by atoms with Gasteiger partial charge in [-0.05, 0) is 6.07 Å².